The van der Waals surface area contributed by atoms with E-state index in [1.807, 2.05) is 7.05 Å². The van der Waals surface area contributed by atoms with Crippen LogP contribution in [0.1, 0.15) is 12.0 Å². The van der Waals surface area contributed by atoms with Crippen molar-refractivity contribution < 1.29 is 4.74 Å². The van der Waals surface area contributed by atoms with Crippen LogP contribution in [-0.2, 0) is 11.3 Å². The number of hydrogen-bond acceptors (Lipinski definition) is 3. The van der Waals surface area contributed by atoms with Crippen LogP contribution < -0.4 is 10.2 Å². The van der Waals surface area contributed by atoms with Gasteiger partial charge in [-0.05, 0) is 24.1 Å². The minimum absolute atomic E-state index is 0. The molecule has 0 spiro atoms. The first kappa shape index (κ1) is 20.0. The van der Waals surface area contributed by atoms with Crippen molar-refractivity contribution in [1.82, 2.24) is 10.2 Å². The highest BCUT2D eigenvalue weighted by Crippen LogP contribution is 2.19. The lowest BCUT2D eigenvalue weighted by Crippen LogP contribution is -2.39. The van der Waals surface area contributed by atoms with Gasteiger partial charge in [0.25, 0.3) is 0 Å². The number of nitrogens with zero attached hydrogens (tertiary/aromatic N) is 3. The number of hydrogen-bond donors (Lipinski definition) is 1. The van der Waals surface area contributed by atoms with Crippen molar-refractivity contribution in [2.24, 2.45) is 10.9 Å². The maximum absolute atomic E-state index is 5.28. The van der Waals surface area contributed by atoms with Crippen LogP contribution in [0.3, 0.4) is 0 Å². The van der Waals surface area contributed by atoms with Gasteiger partial charge in [-0.15, -0.1) is 24.0 Å². The van der Waals surface area contributed by atoms with Crippen molar-refractivity contribution in [3.63, 3.8) is 0 Å². The van der Waals surface area contributed by atoms with Gasteiger partial charge in [0.1, 0.15) is 0 Å². The van der Waals surface area contributed by atoms with Gasteiger partial charge >= 0.3 is 0 Å². The zero-order valence-corrected chi connectivity index (χ0v) is 17.5. The molecule has 2 heterocycles. The van der Waals surface area contributed by atoms with Crippen molar-refractivity contribution in [2.75, 3.05) is 51.8 Å². The van der Waals surface area contributed by atoms with Gasteiger partial charge < -0.3 is 19.9 Å². The van der Waals surface area contributed by atoms with Crippen molar-refractivity contribution in [1.29, 1.82) is 0 Å². The summed E-state index contributed by atoms with van der Waals surface area (Å²) in [6, 6.07) is 8.76. The van der Waals surface area contributed by atoms with Crippen molar-refractivity contribution >= 4 is 35.6 Å². The highest BCUT2D eigenvalue weighted by atomic mass is 127. The largest absolute Gasteiger partial charge is 0.384 e. The van der Waals surface area contributed by atoms with E-state index in [0.29, 0.717) is 5.92 Å². The molecule has 0 bridgehead atoms. The van der Waals surface area contributed by atoms with Crippen LogP contribution in [0.2, 0.25) is 0 Å². The minimum atomic E-state index is 0. The van der Waals surface area contributed by atoms with E-state index in [4.69, 9.17) is 4.74 Å². The van der Waals surface area contributed by atoms with E-state index in [0.717, 1.165) is 45.3 Å². The number of nitrogens with one attached hydrogen (secondary N) is 1. The smallest absolute Gasteiger partial charge is 0.193 e. The van der Waals surface area contributed by atoms with Gasteiger partial charge in [0, 0.05) is 58.5 Å². The molecule has 2 aliphatic rings. The molecule has 1 N–H and O–H groups in total. The molecule has 0 radical (unpaired) electrons. The van der Waals surface area contributed by atoms with Crippen LogP contribution in [-0.4, -0.2) is 57.8 Å². The molecule has 1 aromatic rings. The molecule has 0 amide bonds. The van der Waals surface area contributed by atoms with Crippen LogP contribution >= 0.6 is 24.0 Å². The summed E-state index contributed by atoms with van der Waals surface area (Å²) >= 11 is 0. The third-order valence-electron chi connectivity index (χ3n) is 4.74. The zero-order chi connectivity index (χ0) is 16.8. The molecule has 3 rings (SSSR count). The van der Waals surface area contributed by atoms with E-state index in [2.05, 4.69) is 56.5 Å². The molecule has 25 heavy (non-hydrogen) atoms. The fraction of sp³-hybridized carbons (Fsp3) is 0.526. The summed E-state index contributed by atoms with van der Waals surface area (Å²) in [7, 11) is 3.64. The molecular weight excluding hydrogens is 427 g/mol. The number of aliphatic imine (C=N–C) groups is 1. The number of rotatable bonds is 5. The predicted molar refractivity (Wildman–Crippen MR) is 115 cm³/mol. The Morgan fingerprint density at radius 2 is 2.12 bits per heavy atom. The van der Waals surface area contributed by atoms with E-state index < -0.39 is 0 Å². The Hall–Kier alpha value is -1.28. The molecule has 1 atom stereocenters. The topological polar surface area (TPSA) is 40.1 Å². The molecule has 1 fully saturated rings. The van der Waals surface area contributed by atoms with E-state index in [-0.39, 0.29) is 24.0 Å². The van der Waals surface area contributed by atoms with Gasteiger partial charge in [-0.2, -0.15) is 0 Å². The molecule has 138 valence electrons. The standard InChI is InChI=1S/C19H28N4O.HI/c1-20-19(23-11-8-17(14-23)15-24-2)21-13-16-6-5-7-18(12-16)22-9-3-4-10-22;/h3-7,12,17H,8-11,13-15H2,1-2H3,(H,20,21);1H. The first-order valence-electron chi connectivity index (χ1n) is 8.73. The Morgan fingerprint density at radius 1 is 1.32 bits per heavy atom. The number of anilines is 1. The van der Waals surface area contributed by atoms with Crippen molar-refractivity contribution in [3.05, 3.63) is 42.0 Å². The molecule has 1 aromatic carbocycles. The molecule has 2 aliphatic heterocycles. The molecule has 0 aromatic heterocycles. The Labute approximate surface area is 168 Å². The second-order valence-corrected chi connectivity index (χ2v) is 6.50. The van der Waals surface area contributed by atoms with Crippen LogP contribution in [0.4, 0.5) is 5.69 Å². The SMILES string of the molecule is CN=C(NCc1cccc(N2CC=CC2)c1)N1CCC(COC)C1.I. The lowest BCUT2D eigenvalue weighted by Gasteiger charge is -2.22. The zero-order valence-electron chi connectivity index (χ0n) is 15.1. The number of benzene rings is 1. The summed E-state index contributed by atoms with van der Waals surface area (Å²) < 4.78 is 5.28. The quantitative estimate of drug-likeness (QED) is 0.320. The number of likely N-dealkylation sites (tertiary alicyclic amines) is 1. The normalized spacial score (nSPS) is 20.1. The van der Waals surface area contributed by atoms with Gasteiger partial charge in [-0.25, -0.2) is 0 Å². The monoisotopic (exact) mass is 456 g/mol. The maximum atomic E-state index is 5.28. The molecular formula is C19H29IN4O. The maximum Gasteiger partial charge on any atom is 0.193 e. The summed E-state index contributed by atoms with van der Waals surface area (Å²) in [5, 5.41) is 3.51. The Morgan fingerprint density at radius 3 is 2.84 bits per heavy atom. The molecule has 6 heteroatoms. The fourth-order valence-corrected chi connectivity index (χ4v) is 3.46. The van der Waals surface area contributed by atoms with Crippen LogP contribution in [0, 0.1) is 5.92 Å². The molecule has 1 saturated heterocycles. The average Bonchev–Trinajstić information content (AvgIpc) is 3.28. The van der Waals surface area contributed by atoms with E-state index in [9.17, 15) is 0 Å². The average molecular weight is 456 g/mol. The first-order chi connectivity index (χ1) is 11.8. The van der Waals surface area contributed by atoms with E-state index in [1.165, 1.54) is 17.7 Å². The van der Waals surface area contributed by atoms with Crippen LogP contribution in [0.5, 0.6) is 0 Å². The van der Waals surface area contributed by atoms with Gasteiger partial charge in [0.05, 0.1) is 6.61 Å². The lowest BCUT2D eigenvalue weighted by atomic mass is 10.1. The first-order valence-corrected chi connectivity index (χ1v) is 8.73. The summed E-state index contributed by atoms with van der Waals surface area (Å²) in [4.78, 5) is 9.15. The van der Waals surface area contributed by atoms with Gasteiger partial charge in [0.15, 0.2) is 5.96 Å². The second-order valence-electron chi connectivity index (χ2n) is 6.50. The lowest BCUT2D eigenvalue weighted by molar-refractivity contribution is 0.157. The van der Waals surface area contributed by atoms with E-state index in [1.54, 1.807) is 7.11 Å². The molecule has 5 nitrogen and oxygen atoms in total. The van der Waals surface area contributed by atoms with Gasteiger partial charge in [-0.1, -0.05) is 24.3 Å². The van der Waals surface area contributed by atoms with Gasteiger partial charge in [0.2, 0.25) is 0 Å². The number of ether oxygens (including phenoxy) is 1. The number of halogens is 1. The fourth-order valence-electron chi connectivity index (χ4n) is 3.46. The number of guanidine groups is 1. The van der Waals surface area contributed by atoms with Crippen molar-refractivity contribution in [3.8, 4) is 0 Å². The van der Waals surface area contributed by atoms with Crippen LogP contribution in [0.25, 0.3) is 0 Å². The summed E-state index contributed by atoms with van der Waals surface area (Å²) in [5.74, 6) is 1.60. The second kappa shape index (κ2) is 10.0. The van der Waals surface area contributed by atoms with E-state index >= 15 is 0 Å². The molecule has 0 aliphatic carbocycles. The van der Waals surface area contributed by atoms with Crippen molar-refractivity contribution in [2.45, 2.75) is 13.0 Å². The highest BCUT2D eigenvalue weighted by Gasteiger charge is 2.24. The molecule has 0 saturated carbocycles. The Kier molecular flexibility index (Phi) is 8.02. The third-order valence-corrected chi connectivity index (χ3v) is 4.74. The summed E-state index contributed by atoms with van der Waals surface area (Å²) in [6.45, 7) is 5.72. The third kappa shape index (κ3) is 5.34. The molecule has 1 unspecified atom stereocenters. The highest BCUT2D eigenvalue weighted by molar-refractivity contribution is 14.0. The predicted octanol–water partition coefficient (Wildman–Crippen LogP) is 2.72. The minimum Gasteiger partial charge on any atom is -0.384 e. The number of methoxy groups -OCH3 is 1. The Bertz CT molecular complexity index is 597. The Balaban J connectivity index is 0.00000225. The summed E-state index contributed by atoms with van der Waals surface area (Å²) in [6.07, 6.45) is 5.61. The van der Waals surface area contributed by atoms with Crippen LogP contribution in [0.15, 0.2) is 41.4 Å². The van der Waals surface area contributed by atoms with Gasteiger partial charge in [-0.3, -0.25) is 4.99 Å². The summed E-state index contributed by atoms with van der Waals surface area (Å²) in [5.41, 5.74) is 2.57.